The number of hydrogen-bond acceptors (Lipinski definition) is 7. The Hall–Kier alpha value is -1.47. The number of esters is 2. The number of methoxy groups -OCH3 is 1. The first kappa shape index (κ1) is 15.6. The third-order valence-electron chi connectivity index (χ3n) is 2.58. The van der Waals surface area contributed by atoms with E-state index in [-0.39, 0.29) is 13.0 Å². The number of ketones is 1. The molecule has 0 aliphatic carbocycles. The molecule has 0 bridgehead atoms. The SMILES string of the molecule is CCC(=O)C(=O)O[C@@H](C(=O)OC)[C@@H]1COC(C)(C)O1. The third kappa shape index (κ3) is 4.00. The summed E-state index contributed by atoms with van der Waals surface area (Å²) < 4.78 is 20.1. The summed E-state index contributed by atoms with van der Waals surface area (Å²) in [5, 5.41) is 0. The number of ether oxygens (including phenoxy) is 4. The van der Waals surface area contributed by atoms with Gasteiger partial charge in [0.15, 0.2) is 5.79 Å². The maximum atomic E-state index is 11.6. The molecule has 19 heavy (non-hydrogen) atoms. The van der Waals surface area contributed by atoms with E-state index in [0.29, 0.717) is 0 Å². The van der Waals surface area contributed by atoms with E-state index in [1.54, 1.807) is 13.8 Å². The molecule has 0 N–H and O–H groups in total. The zero-order valence-electron chi connectivity index (χ0n) is 11.4. The highest BCUT2D eigenvalue weighted by Gasteiger charge is 2.43. The number of hydrogen-bond donors (Lipinski definition) is 0. The fourth-order valence-electron chi connectivity index (χ4n) is 1.58. The second kappa shape index (κ2) is 6.12. The third-order valence-corrected chi connectivity index (χ3v) is 2.58. The van der Waals surface area contributed by atoms with Gasteiger partial charge >= 0.3 is 11.9 Å². The van der Waals surface area contributed by atoms with Crippen LogP contribution in [0.1, 0.15) is 27.2 Å². The van der Waals surface area contributed by atoms with Gasteiger partial charge in [-0.25, -0.2) is 9.59 Å². The number of carbonyl (C=O) groups excluding carboxylic acids is 3. The summed E-state index contributed by atoms with van der Waals surface area (Å²) in [4.78, 5) is 34.3. The molecule has 0 radical (unpaired) electrons. The van der Waals surface area contributed by atoms with Crippen LogP contribution in [-0.4, -0.2) is 49.4 Å². The smallest absolute Gasteiger partial charge is 0.375 e. The lowest BCUT2D eigenvalue weighted by molar-refractivity contribution is -0.185. The first-order valence-corrected chi connectivity index (χ1v) is 5.94. The molecule has 7 nitrogen and oxygen atoms in total. The van der Waals surface area contributed by atoms with Crippen molar-refractivity contribution in [3.8, 4) is 0 Å². The lowest BCUT2D eigenvalue weighted by atomic mass is 10.2. The zero-order valence-corrected chi connectivity index (χ0v) is 11.4. The Kier molecular flexibility index (Phi) is 5.02. The van der Waals surface area contributed by atoms with Crippen molar-refractivity contribution in [2.75, 3.05) is 13.7 Å². The van der Waals surface area contributed by atoms with E-state index in [1.165, 1.54) is 6.92 Å². The van der Waals surface area contributed by atoms with Crippen LogP contribution in [0.5, 0.6) is 0 Å². The highest BCUT2D eigenvalue weighted by molar-refractivity contribution is 6.33. The minimum atomic E-state index is -1.31. The molecule has 0 aromatic rings. The summed E-state index contributed by atoms with van der Waals surface area (Å²) in [5.41, 5.74) is 0. The number of carbonyl (C=O) groups is 3. The summed E-state index contributed by atoms with van der Waals surface area (Å²) in [6, 6.07) is 0. The first-order chi connectivity index (χ1) is 8.80. The Morgan fingerprint density at radius 2 is 2.00 bits per heavy atom. The molecule has 0 aromatic heterocycles. The van der Waals surface area contributed by atoms with Crippen molar-refractivity contribution in [2.45, 2.75) is 45.2 Å². The second-order valence-electron chi connectivity index (χ2n) is 4.49. The predicted molar refractivity (Wildman–Crippen MR) is 62.1 cm³/mol. The van der Waals surface area contributed by atoms with Gasteiger partial charge in [0.2, 0.25) is 11.9 Å². The Balaban J connectivity index is 2.76. The van der Waals surface area contributed by atoms with Crippen LogP contribution >= 0.6 is 0 Å². The van der Waals surface area contributed by atoms with Crippen molar-refractivity contribution in [1.82, 2.24) is 0 Å². The van der Waals surface area contributed by atoms with Crippen molar-refractivity contribution in [3.63, 3.8) is 0 Å². The van der Waals surface area contributed by atoms with Gasteiger partial charge in [0.1, 0.15) is 6.10 Å². The van der Waals surface area contributed by atoms with Gasteiger partial charge in [0, 0.05) is 6.42 Å². The average molecular weight is 274 g/mol. The Bertz CT molecular complexity index is 374. The zero-order chi connectivity index (χ0) is 14.6. The van der Waals surface area contributed by atoms with Crippen LogP contribution < -0.4 is 0 Å². The molecule has 0 spiro atoms. The molecule has 1 rings (SSSR count). The quantitative estimate of drug-likeness (QED) is 0.522. The molecule has 0 unspecified atom stereocenters. The minimum Gasteiger partial charge on any atom is -0.466 e. The topological polar surface area (TPSA) is 88.1 Å². The van der Waals surface area contributed by atoms with Gasteiger partial charge in [-0.2, -0.15) is 0 Å². The van der Waals surface area contributed by atoms with Gasteiger partial charge in [-0.05, 0) is 13.8 Å². The molecule has 1 aliphatic heterocycles. The molecule has 0 saturated carbocycles. The van der Waals surface area contributed by atoms with E-state index in [1.807, 2.05) is 0 Å². The Morgan fingerprint density at radius 3 is 2.42 bits per heavy atom. The number of Topliss-reactive ketones (excluding diaryl/α,β-unsaturated/α-hetero) is 1. The van der Waals surface area contributed by atoms with Crippen molar-refractivity contribution >= 4 is 17.7 Å². The van der Waals surface area contributed by atoms with Crippen LogP contribution in [0, 0.1) is 0 Å². The summed E-state index contributed by atoms with van der Waals surface area (Å²) in [5.74, 6) is -3.46. The van der Waals surface area contributed by atoms with Crippen LogP contribution in [0.3, 0.4) is 0 Å². The fourth-order valence-corrected chi connectivity index (χ4v) is 1.58. The van der Waals surface area contributed by atoms with Crippen LogP contribution in [0.4, 0.5) is 0 Å². The van der Waals surface area contributed by atoms with E-state index < -0.39 is 35.7 Å². The van der Waals surface area contributed by atoms with E-state index >= 15 is 0 Å². The molecule has 1 fully saturated rings. The van der Waals surface area contributed by atoms with E-state index in [9.17, 15) is 14.4 Å². The lowest BCUT2D eigenvalue weighted by Gasteiger charge is -2.22. The molecule has 7 heteroatoms. The standard InChI is InChI=1S/C12H18O7/c1-5-7(13)10(14)18-9(11(15)16-4)8-6-17-12(2,3)19-8/h8-9H,5-6H2,1-4H3/t8-,9+/m0/s1. The van der Waals surface area contributed by atoms with Gasteiger partial charge in [0.25, 0.3) is 0 Å². The maximum absolute atomic E-state index is 11.6. The van der Waals surface area contributed by atoms with Gasteiger partial charge in [-0.1, -0.05) is 6.92 Å². The Morgan fingerprint density at radius 1 is 1.37 bits per heavy atom. The van der Waals surface area contributed by atoms with Gasteiger partial charge in [0.05, 0.1) is 13.7 Å². The van der Waals surface area contributed by atoms with Gasteiger partial charge in [-0.3, -0.25) is 4.79 Å². The molecule has 1 heterocycles. The molecular weight excluding hydrogens is 256 g/mol. The minimum absolute atomic E-state index is 0.000241. The van der Waals surface area contributed by atoms with Crippen LogP contribution in [-0.2, 0) is 33.3 Å². The highest BCUT2D eigenvalue weighted by atomic mass is 16.8. The Labute approximate surface area is 111 Å². The second-order valence-corrected chi connectivity index (χ2v) is 4.49. The fraction of sp³-hybridized carbons (Fsp3) is 0.750. The van der Waals surface area contributed by atoms with Crippen LogP contribution in [0.15, 0.2) is 0 Å². The number of rotatable bonds is 5. The molecule has 108 valence electrons. The maximum Gasteiger partial charge on any atom is 0.375 e. The van der Waals surface area contributed by atoms with Gasteiger partial charge < -0.3 is 18.9 Å². The molecular formula is C12H18O7. The van der Waals surface area contributed by atoms with Crippen molar-refractivity contribution in [3.05, 3.63) is 0 Å². The summed E-state index contributed by atoms with van der Waals surface area (Å²) in [6.07, 6.45) is -2.11. The molecule has 0 amide bonds. The van der Waals surface area contributed by atoms with E-state index in [4.69, 9.17) is 14.2 Å². The van der Waals surface area contributed by atoms with Crippen molar-refractivity contribution in [2.24, 2.45) is 0 Å². The molecule has 1 saturated heterocycles. The average Bonchev–Trinajstić information content (AvgIpc) is 2.73. The first-order valence-electron chi connectivity index (χ1n) is 5.94. The van der Waals surface area contributed by atoms with Crippen LogP contribution in [0.25, 0.3) is 0 Å². The van der Waals surface area contributed by atoms with E-state index in [2.05, 4.69) is 4.74 Å². The molecule has 2 atom stereocenters. The normalized spacial score (nSPS) is 22.6. The largest absolute Gasteiger partial charge is 0.466 e. The summed E-state index contributed by atoms with van der Waals surface area (Å²) in [7, 11) is 1.16. The van der Waals surface area contributed by atoms with Gasteiger partial charge in [-0.15, -0.1) is 0 Å². The highest BCUT2D eigenvalue weighted by Crippen LogP contribution is 2.26. The van der Waals surface area contributed by atoms with E-state index in [0.717, 1.165) is 7.11 Å². The summed E-state index contributed by atoms with van der Waals surface area (Å²) >= 11 is 0. The predicted octanol–water partition coefficient (Wildman–Crippen LogP) is 0.202. The summed E-state index contributed by atoms with van der Waals surface area (Å²) in [6.45, 7) is 4.93. The van der Waals surface area contributed by atoms with Crippen LogP contribution in [0.2, 0.25) is 0 Å². The van der Waals surface area contributed by atoms with Crippen molar-refractivity contribution in [1.29, 1.82) is 0 Å². The molecule has 0 aromatic carbocycles. The van der Waals surface area contributed by atoms with Crippen molar-refractivity contribution < 1.29 is 33.3 Å². The molecule has 1 aliphatic rings. The monoisotopic (exact) mass is 274 g/mol. The lowest BCUT2D eigenvalue weighted by Crippen LogP contribution is -2.42.